The molecule has 5 aromatic rings. The fraction of sp³-hybridized carbons (Fsp3) is 0.138. The first kappa shape index (κ1) is 24.6. The van der Waals surface area contributed by atoms with E-state index in [4.69, 9.17) is 26.1 Å². The number of ether oxygens (including phenoxy) is 2. The van der Waals surface area contributed by atoms with E-state index in [9.17, 15) is 0 Å². The molecule has 0 radical (unpaired) electrons. The Kier molecular flexibility index (Phi) is 7.46. The molecule has 0 saturated carbocycles. The highest BCUT2D eigenvalue weighted by Crippen LogP contribution is 2.35. The number of hydrogen-bond acceptors (Lipinski definition) is 5. The molecule has 182 valence electrons. The van der Waals surface area contributed by atoms with Gasteiger partial charge in [-0.15, -0.1) is 11.3 Å². The third-order valence-electron chi connectivity index (χ3n) is 5.80. The van der Waals surface area contributed by atoms with E-state index >= 15 is 0 Å². The van der Waals surface area contributed by atoms with Gasteiger partial charge >= 0.3 is 0 Å². The Morgan fingerprint density at radius 2 is 1.72 bits per heavy atom. The van der Waals surface area contributed by atoms with Crippen LogP contribution in [0.2, 0.25) is 5.02 Å². The molecule has 0 aliphatic heterocycles. The third-order valence-corrected chi connectivity index (χ3v) is 7.86. The minimum atomic E-state index is 0.429. The lowest BCUT2D eigenvalue weighted by Crippen LogP contribution is -2.03. The Labute approximate surface area is 228 Å². The van der Waals surface area contributed by atoms with Crippen LogP contribution in [0.15, 0.2) is 83.3 Å². The van der Waals surface area contributed by atoms with Gasteiger partial charge in [-0.3, -0.25) is 0 Å². The van der Waals surface area contributed by atoms with Crippen molar-refractivity contribution in [3.63, 3.8) is 0 Å². The second-order valence-electron chi connectivity index (χ2n) is 8.43. The smallest absolute Gasteiger partial charge is 0.162 e. The number of thiazole rings is 1. The SMILES string of the molecule is COc1cc(CNc2ccc(-c3nc4ccc(C)cc4s3)cc2)c(Br)cc1OCc1ccc(Cl)cc1. The van der Waals surface area contributed by atoms with Crippen LogP contribution in [-0.4, -0.2) is 12.1 Å². The molecule has 36 heavy (non-hydrogen) atoms. The summed E-state index contributed by atoms with van der Waals surface area (Å²) < 4.78 is 13.8. The summed E-state index contributed by atoms with van der Waals surface area (Å²) >= 11 is 11.4. The van der Waals surface area contributed by atoms with Gasteiger partial charge in [0.25, 0.3) is 0 Å². The maximum Gasteiger partial charge on any atom is 0.162 e. The predicted octanol–water partition coefficient (Wildman–Crippen LogP) is 8.89. The molecular weight excluding hydrogens is 556 g/mol. The zero-order valence-electron chi connectivity index (χ0n) is 19.8. The molecule has 0 fully saturated rings. The second kappa shape index (κ2) is 10.9. The number of aryl methyl sites for hydroxylation is 1. The van der Waals surface area contributed by atoms with Crippen LogP contribution in [0.4, 0.5) is 5.69 Å². The van der Waals surface area contributed by atoms with E-state index in [0.717, 1.165) is 37.4 Å². The van der Waals surface area contributed by atoms with Gasteiger partial charge in [0, 0.05) is 27.3 Å². The average Bonchev–Trinajstić information content (AvgIpc) is 3.31. The van der Waals surface area contributed by atoms with E-state index in [0.29, 0.717) is 29.7 Å². The molecule has 0 saturated heterocycles. The Morgan fingerprint density at radius 3 is 2.47 bits per heavy atom. The molecule has 0 aliphatic rings. The van der Waals surface area contributed by atoms with Crippen LogP contribution in [0, 0.1) is 6.92 Å². The lowest BCUT2D eigenvalue weighted by atomic mass is 10.1. The van der Waals surface area contributed by atoms with E-state index in [2.05, 4.69) is 70.6 Å². The molecule has 4 nitrogen and oxygen atoms in total. The highest BCUT2D eigenvalue weighted by molar-refractivity contribution is 9.10. The highest BCUT2D eigenvalue weighted by Gasteiger charge is 2.12. The Morgan fingerprint density at radius 1 is 0.944 bits per heavy atom. The number of fused-ring (bicyclic) bond motifs is 1. The van der Waals surface area contributed by atoms with Gasteiger partial charge in [-0.05, 0) is 84.3 Å². The zero-order valence-corrected chi connectivity index (χ0v) is 23.0. The molecule has 0 aliphatic carbocycles. The predicted molar refractivity (Wildman–Crippen MR) is 154 cm³/mol. The van der Waals surface area contributed by atoms with Crippen LogP contribution >= 0.6 is 38.9 Å². The first-order valence-electron chi connectivity index (χ1n) is 11.4. The molecule has 0 amide bonds. The van der Waals surface area contributed by atoms with Gasteiger partial charge in [-0.2, -0.15) is 0 Å². The molecule has 1 aromatic heterocycles. The van der Waals surface area contributed by atoms with Crippen molar-refractivity contribution in [2.24, 2.45) is 0 Å². The summed E-state index contributed by atoms with van der Waals surface area (Å²) in [6.07, 6.45) is 0. The average molecular weight is 580 g/mol. The number of aromatic nitrogens is 1. The number of nitrogens with one attached hydrogen (secondary N) is 1. The van der Waals surface area contributed by atoms with Crippen molar-refractivity contribution in [3.05, 3.63) is 105 Å². The number of methoxy groups -OCH3 is 1. The Hall–Kier alpha value is -3.06. The molecule has 1 heterocycles. The largest absolute Gasteiger partial charge is 0.493 e. The number of nitrogens with zero attached hydrogens (tertiary/aromatic N) is 1. The number of rotatable bonds is 8. The van der Waals surface area contributed by atoms with E-state index in [1.807, 2.05) is 36.4 Å². The Balaban J connectivity index is 1.25. The van der Waals surface area contributed by atoms with E-state index in [1.54, 1.807) is 18.4 Å². The lowest BCUT2D eigenvalue weighted by molar-refractivity contribution is 0.284. The van der Waals surface area contributed by atoms with Gasteiger partial charge in [0.05, 0.1) is 17.3 Å². The molecule has 0 bridgehead atoms. The monoisotopic (exact) mass is 578 g/mol. The number of halogens is 2. The summed E-state index contributed by atoms with van der Waals surface area (Å²) in [6, 6.07) is 26.3. The molecule has 0 atom stereocenters. The van der Waals surface area contributed by atoms with Gasteiger partial charge in [0.1, 0.15) is 11.6 Å². The number of benzene rings is 4. The van der Waals surface area contributed by atoms with Crippen LogP contribution in [0.1, 0.15) is 16.7 Å². The summed E-state index contributed by atoms with van der Waals surface area (Å²) in [5.74, 6) is 1.36. The van der Waals surface area contributed by atoms with Crippen LogP contribution in [0.3, 0.4) is 0 Å². The summed E-state index contributed by atoms with van der Waals surface area (Å²) in [5, 5.41) is 5.23. The maximum atomic E-state index is 6.01. The van der Waals surface area contributed by atoms with Crippen LogP contribution < -0.4 is 14.8 Å². The van der Waals surface area contributed by atoms with Crippen molar-refractivity contribution in [2.75, 3.05) is 12.4 Å². The molecule has 4 aromatic carbocycles. The van der Waals surface area contributed by atoms with Crippen molar-refractivity contribution < 1.29 is 9.47 Å². The normalized spacial score (nSPS) is 11.0. The van der Waals surface area contributed by atoms with Crippen molar-refractivity contribution in [2.45, 2.75) is 20.1 Å². The van der Waals surface area contributed by atoms with E-state index < -0.39 is 0 Å². The van der Waals surface area contributed by atoms with Gasteiger partial charge in [0.2, 0.25) is 0 Å². The fourth-order valence-corrected chi connectivity index (χ4v) is 5.47. The van der Waals surface area contributed by atoms with Crippen LogP contribution in [-0.2, 0) is 13.2 Å². The Bertz CT molecular complexity index is 1500. The highest BCUT2D eigenvalue weighted by atomic mass is 79.9. The summed E-state index contributed by atoms with van der Waals surface area (Å²) in [6.45, 7) is 3.17. The lowest BCUT2D eigenvalue weighted by Gasteiger charge is -2.15. The van der Waals surface area contributed by atoms with Crippen molar-refractivity contribution in [1.29, 1.82) is 0 Å². The quantitative estimate of drug-likeness (QED) is 0.199. The van der Waals surface area contributed by atoms with Crippen LogP contribution in [0.5, 0.6) is 11.5 Å². The topological polar surface area (TPSA) is 43.4 Å². The fourth-order valence-electron chi connectivity index (χ4n) is 3.81. The van der Waals surface area contributed by atoms with Crippen molar-refractivity contribution in [3.8, 4) is 22.1 Å². The maximum absolute atomic E-state index is 6.01. The van der Waals surface area contributed by atoms with Gasteiger partial charge < -0.3 is 14.8 Å². The molecule has 0 spiro atoms. The van der Waals surface area contributed by atoms with Crippen molar-refractivity contribution in [1.82, 2.24) is 4.98 Å². The van der Waals surface area contributed by atoms with E-state index in [-0.39, 0.29) is 0 Å². The molecule has 1 N–H and O–H groups in total. The first-order chi connectivity index (χ1) is 17.5. The standard InChI is InChI=1S/C29H24BrClN2O2S/c1-18-3-12-25-28(13-18)36-29(33-25)20-6-10-23(11-7-20)32-16-21-14-26(34-2)27(15-24(21)30)35-17-19-4-8-22(31)9-5-19/h3-15,32H,16-17H2,1-2H3. The second-order valence-corrected chi connectivity index (χ2v) is 10.8. The zero-order chi connectivity index (χ0) is 25.1. The molecule has 0 unspecified atom stereocenters. The molecular formula is C29H24BrClN2O2S. The summed E-state index contributed by atoms with van der Waals surface area (Å²) in [4.78, 5) is 4.78. The molecule has 7 heteroatoms. The van der Waals surface area contributed by atoms with Gasteiger partial charge in [-0.1, -0.05) is 45.7 Å². The van der Waals surface area contributed by atoms with Crippen LogP contribution in [0.25, 0.3) is 20.8 Å². The van der Waals surface area contributed by atoms with Crippen molar-refractivity contribution >= 4 is 54.8 Å². The minimum Gasteiger partial charge on any atom is -0.493 e. The van der Waals surface area contributed by atoms with E-state index in [1.165, 1.54) is 10.3 Å². The first-order valence-corrected chi connectivity index (χ1v) is 13.4. The van der Waals surface area contributed by atoms with Gasteiger partial charge in [0.15, 0.2) is 11.5 Å². The molecule has 5 rings (SSSR count). The summed E-state index contributed by atoms with van der Waals surface area (Å²) in [5.41, 5.74) is 6.54. The minimum absolute atomic E-state index is 0.429. The number of hydrogen-bond donors (Lipinski definition) is 1. The van der Waals surface area contributed by atoms with Gasteiger partial charge in [-0.25, -0.2) is 4.98 Å². The summed E-state index contributed by atoms with van der Waals surface area (Å²) in [7, 11) is 1.65. The number of anilines is 1. The third kappa shape index (κ3) is 5.67.